The molecular formula is C27H26F3NO5. The zero-order chi connectivity index (χ0) is 26.0. The van der Waals surface area contributed by atoms with E-state index in [1.54, 1.807) is 41.3 Å². The van der Waals surface area contributed by atoms with Crippen molar-refractivity contribution in [1.29, 1.82) is 0 Å². The Morgan fingerprint density at radius 2 is 1.42 bits per heavy atom. The highest BCUT2D eigenvalue weighted by atomic mass is 19.4. The molecule has 3 aromatic rings. The molecule has 36 heavy (non-hydrogen) atoms. The number of rotatable bonds is 6. The predicted molar refractivity (Wildman–Crippen MR) is 127 cm³/mol. The van der Waals surface area contributed by atoms with E-state index in [1.165, 1.54) is 34.5 Å². The number of carbonyl (C=O) groups is 1. The summed E-state index contributed by atoms with van der Waals surface area (Å²) >= 11 is 0. The molecule has 4 rings (SSSR count). The maximum atomic E-state index is 14.0. The van der Waals surface area contributed by atoms with Crippen molar-refractivity contribution in [3.63, 3.8) is 0 Å². The normalized spacial score (nSPS) is 15.2. The number of alkyl halides is 3. The van der Waals surface area contributed by atoms with Crippen LogP contribution < -0.4 is 18.9 Å². The molecule has 1 amide bonds. The molecule has 190 valence electrons. The lowest BCUT2D eigenvalue weighted by Crippen LogP contribution is -2.41. The van der Waals surface area contributed by atoms with Gasteiger partial charge in [0.05, 0.1) is 40.0 Å². The molecule has 1 aliphatic rings. The molecule has 0 aromatic heterocycles. The van der Waals surface area contributed by atoms with Crippen LogP contribution in [0, 0.1) is 0 Å². The Labute approximate surface area is 207 Å². The van der Waals surface area contributed by atoms with Crippen molar-refractivity contribution in [2.75, 3.05) is 35.0 Å². The van der Waals surface area contributed by atoms with Gasteiger partial charge in [-0.1, -0.05) is 18.2 Å². The van der Waals surface area contributed by atoms with Gasteiger partial charge in [0.25, 0.3) is 5.91 Å². The van der Waals surface area contributed by atoms with E-state index in [2.05, 4.69) is 0 Å². The molecule has 1 heterocycles. The number of methoxy groups -OCH3 is 4. The Kier molecular flexibility index (Phi) is 7.01. The van der Waals surface area contributed by atoms with Crippen molar-refractivity contribution in [1.82, 2.24) is 4.90 Å². The average molecular weight is 502 g/mol. The highest BCUT2D eigenvalue weighted by molar-refractivity contribution is 6.00. The summed E-state index contributed by atoms with van der Waals surface area (Å²) in [4.78, 5) is 15.5. The van der Waals surface area contributed by atoms with Crippen molar-refractivity contribution < 1.29 is 36.9 Å². The number of nitrogens with zero attached hydrogens (tertiary/aromatic N) is 1. The fourth-order valence-electron chi connectivity index (χ4n) is 4.61. The van der Waals surface area contributed by atoms with Gasteiger partial charge in [-0.3, -0.25) is 4.79 Å². The SMILES string of the molecule is COc1cc2c(cc1OC)[C@H](c1cccc(C(F)(F)F)c1)N(C(=O)c1c(OC)cccc1OC)CC2. The quantitative estimate of drug-likeness (QED) is 0.445. The Hall–Kier alpha value is -3.88. The number of halogens is 3. The van der Waals surface area contributed by atoms with E-state index < -0.39 is 23.7 Å². The highest BCUT2D eigenvalue weighted by Crippen LogP contribution is 2.44. The van der Waals surface area contributed by atoms with Gasteiger partial charge in [-0.05, 0) is 59.5 Å². The standard InChI is InChI=1S/C27H26F3NO5/c1-33-20-9-6-10-21(34-2)24(20)26(32)31-12-11-16-14-22(35-3)23(36-4)15-19(16)25(31)17-7-5-8-18(13-17)27(28,29)30/h5-10,13-15,25H,11-12H2,1-4H3/t25-/m0/s1. The summed E-state index contributed by atoms with van der Waals surface area (Å²) in [5.74, 6) is 1.11. The summed E-state index contributed by atoms with van der Waals surface area (Å²) < 4.78 is 62.6. The largest absolute Gasteiger partial charge is 0.496 e. The first kappa shape index (κ1) is 25.2. The van der Waals surface area contributed by atoms with Gasteiger partial charge in [0.15, 0.2) is 11.5 Å². The first-order valence-electron chi connectivity index (χ1n) is 11.2. The summed E-state index contributed by atoms with van der Waals surface area (Å²) in [6.45, 7) is 0.253. The second-order valence-corrected chi connectivity index (χ2v) is 8.22. The van der Waals surface area contributed by atoms with Crippen LogP contribution in [0.4, 0.5) is 13.2 Å². The van der Waals surface area contributed by atoms with E-state index in [9.17, 15) is 18.0 Å². The zero-order valence-corrected chi connectivity index (χ0v) is 20.3. The minimum atomic E-state index is -4.54. The van der Waals surface area contributed by atoms with Crippen molar-refractivity contribution in [2.24, 2.45) is 0 Å². The van der Waals surface area contributed by atoms with E-state index >= 15 is 0 Å². The molecule has 0 spiro atoms. The van der Waals surface area contributed by atoms with Crippen LogP contribution in [0.25, 0.3) is 0 Å². The Morgan fingerprint density at radius 3 is 2.00 bits per heavy atom. The maximum Gasteiger partial charge on any atom is 0.416 e. The van der Waals surface area contributed by atoms with Crippen molar-refractivity contribution in [3.05, 3.63) is 82.4 Å². The fourth-order valence-corrected chi connectivity index (χ4v) is 4.61. The molecule has 6 nitrogen and oxygen atoms in total. The third kappa shape index (κ3) is 4.53. The summed E-state index contributed by atoms with van der Waals surface area (Å²) in [7, 11) is 5.88. The molecule has 9 heteroatoms. The average Bonchev–Trinajstić information content (AvgIpc) is 2.90. The van der Waals surface area contributed by atoms with Crippen LogP contribution in [0.5, 0.6) is 23.0 Å². The molecule has 1 aliphatic heterocycles. The summed E-state index contributed by atoms with van der Waals surface area (Å²) in [6, 6.07) is 12.7. The molecule has 0 bridgehead atoms. The lowest BCUT2D eigenvalue weighted by Gasteiger charge is -2.38. The lowest BCUT2D eigenvalue weighted by molar-refractivity contribution is -0.137. The topological polar surface area (TPSA) is 57.2 Å². The van der Waals surface area contributed by atoms with Crippen LogP contribution in [-0.2, 0) is 12.6 Å². The highest BCUT2D eigenvalue weighted by Gasteiger charge is 2.38. The van der Waals surface area contributed by atoms with E-state index in [-0.39, 0.29) is 12.1 Å². The number of hydrogen-bond donors (Lipinski definition) is 0. The second-order valence-electron chi connectivity index (χ2n) is 8.22. The van der Waals surface area contributed by atoms with Gasteiger partial charge in [-0.15, -0.1) is 0 Å². The predicted octanol–water partition coefficient (Wildman–Crippen LogP) is 5.53. The first-order valence-corrected chi connectivity index (χ1v) is 11.2. The van der Waals surface area contributed by atoms with Crippen LogP contribution in [0.1, 0.15) is 38.7 Å². The summed E-state index contributed by atoms with van der Waals surface area (Å²) in [5.41, 5.74) is 1.23. The number of hydrogen-bond acceptors (Lipinski definition) is 5. The third-order valence-corrected chi connectivity index (χ3v) is 6.31. The molecule has 0 unspecified atom stereocenters. The lowest BCUT2D eigenvalue weighted by atomic mass is 9.86. The summed E-state index contributed by atoms with van der Waals surface area (Å²) in [6.07, 6.45) is -4.07. The first-order chi connectivity index (χ1) is 17.2. The molecular weight excluding hydrogens is 475 g/mol. The fraction of sp³-hybridized carbons (Fsp3) is 0.296. The minimum Gasteiger partial charge on any atom is -0.496 e. The molecule has 0 aliphatic carbocycles. The van der Waals surface area contributed by atoms with E-state index in [1.807, 2.05) is 0 Å². The molecule has 3 aromatic carbocycles. The van der Waals surface area contributed by atoms with Crippen LogP contribution in [0.2, 0.25) is 0 Å². The Bertz CT molecular complexity index is 1250. The molecule has 0 N–H and O–H groups in total. The third-order valence-electron chi connectivity index (χ3n) is 6.31. The van der Waals surface area contributed by atoms with Crippen molar-refractivity contribution >= 4 is 5.91 Å². The maximum absolute atomic E-state index is 14.0. The van der Waals surface area contributed by atoms with Gasteiger partial charge in [0.2, 0.25) is 0 Å². The van der Waals surface area contributed by atoms with Gasteiger partial charge in [0.1, 0.15) is 17.1 Å². The van der Waals surface area contributed by atoms with Crippen molar-refractivity contribution in [2.45, 2.75) is 18.6 Å². The Morgan fingerprint density at radius 1 is 0.833 bits per heavy atom. The van der Waals surface area contributed by atoms with Crippen LogP contribution in [-0.4, -0.2) is 45.8 Å². The van der Waals surface area contributed by atoms with E-state index in [0.29, 0.717) is 40.5 Å². The molecule has 0 fully saturated rings. The van der Waals surface area contributed by atoms with E-state index in [4.69, 9.17) is 18.9 Å². The van der Waals surface area contributed by atoms with Crippen LogP contribution in [0.3, 0.4) is 0 Å². The minimum absolute atomic E-state index is 0.198. The molecule has 1 atom stereocenters. The van der Waals surface area contributed by atoms with E-state index in [0.717, 1.165) is 17.7 Å². The molecule has 0 saturated carbocycles. The summed E-state index contributed by atoms with van der Waals surface area (Å²) in [5, 5.41) is 0. The van der Waals surface area contributed by atoms with Gasteiger partial charge in [-0.2, -0.15) is 13.2 Å². The Balaban J connectivity index is 1.93. The van der Waals surface area contributed by atoms with Crippen molar-refractivity contribution in [3.8, 4) is 23.0 Å². The smallest absolute Gasteiger partial charge is 0.416 e. The van der Waals surface area contributed by atoms with Crippen LogP contribution >= 0.6 is 0 Å². The molecule has 0 radical (unpaired) electrons. The monoisotopic (exact) mass is 501 g/mol. The number of carbonyl (C=O) groups excluding carboxylic acids is 1. The van der Waals surface area contributed by atoms with Gasteiger partial charge in [-0.25, -0.2) is 0 Å². The number of fused-ring (bicyclic) bond motifs is 1. The zero-order valence-electron chi connectivity index (χ0n) is 20.3. The number of benzene rings is 3. The second kappa shape index (κ2) is 10.0. The molecule has 0 saturated heterocycles. The number of ether oxygens (including phenoxy) is 4. The van der Waals surface area contributed by atoms with Crippen LogP contribution in [0.15, 0.2) is 54.6 Å². The number of amides is 1. The van der Waals surface area contributed by atoms with Gasteiger partial charge < -0.3 is 23.8 Å². The van der Waals surface area contributed by atoms with Gasteiger partial charge in [0, 0.05) is 6.54 Å². The van der Waals surface area contributed by atoms with Gasteiger partial charge >= 0.3 is 6.18 Å².